The lowest BCUT2D eigenvalue weighted by Crippen LogP contribution is -2.50. The molecule has 0 atom stereocenters. The fourth-order valence-corrected chi connectivity index (χ4v) is 3.77. The minimum atomic E-state index is 0.0413. The number of benzene rings is 3. The summed E-state index contributed by atoms with van der Waals surface area (Å²) in [6.07, 6.45) is 0.451. The van der Waals surface area contributed by atoms with Gasteiger partial charge in [0.2, 0.25) is 5.91 Å². The van der Waals surface area contributed by atoms with Gasteiger partial charge in [0.25, 0.3) is 5.91 Å². The predicted molar refractivity (Wildman–Crippen MR) is 116 cm³/mol. The largest absolute Gasteiger partial charge is 0.385 e. The Balaban J connectivity index is 1.30. The average Bonchev–Trinajstić information content (AvgIpc) is 2.79. The summed E-state index contributed by atoms with van der Waals surface area (Å²) < 4.78 is 0. The van der Waals surface area contributed by atoms with Crippen molar-refractivity contribution < 1.29 is 9.59 Å². The maximum Gasteiger partial charge on any atom is 0.254 e. The summed E-state index contributed by atoms with van der Waals surface area (Å²) in [5.41, 5.74) is 1.75. The van der Waals surface area contributed by atoms with Gasteiger partial charge < -0.3 is 15.1 Å². The van der Waals surface area contributed by atoms with Gasteiger partial charge in [0.15, 0.2) is 0 Å². The molecule has 1 aliphatic heterocycles. The molecule has 29 heavy (non-hydrogen) atoms. The number of rotatable bonds is 5. The normalized spacial score (nSPS) is 14.1. The Morgan fingerprint density at radius 1 is 0.759 bits per heavy atom. The first-order chi connectivity index (χ1) is 14.2. The number of nitrogens with one attached hydrogen (secondary N) is 1. The highest BCUT2D eigenvalue weighted by Crippen LogP contribution is 2.20. The van der Waals surface area contributed by atoms with E-state index >= 15 is 0 Å². The zero-order valence-corrected chi connectivity index (χ0v) is 16.4. The van der Waals surface area contributed by atoms with Gasteiger partial charge in [0, 0.05) is 50.4 Å². The van der Waals surface area contributed by atoms with E-state index in [2.05, 4.69) is 5.32 Å². The summed E-state index contributed by atoms with van der Waals surface area (Å²) in [4.78, 5) is 29.2. The average molecular weight is 387 g/mol. The summed E-state index contributed by atoms with van der Waals surface area (Å²) in [7, 11) is 0. The molecular weight excluding hydrogens is 362 g/mol. The third kappa shape index (κ3) is 4.40. The van der Waals surface area contributed by atoms with E-state index in [1.165, 1.54) is 0 Å². The van der Waals surface area contributed by atoms with Crippen LogP contribution in [0.1, 0.15) is 16.8 Å². The van der Waals surface area contributed by atoms with Crippen LogP contribution in [0.3, 0.4) is 0 Å². The first-order valence-corrected chi connectivity index (χ1v) is 10.1. The van der Waals surface area contributed by atoms with Gasteiger partial charge >= 0.3 is 0 Å². The zero-order valence-electron chi connectivity index (χ0n) is 16.4. The van der Waals surface area contributed by atoms with E-state index in [0.29, 0.717) is 39.1 Å². The number of carbonyl (C=O) groups is 2. The Bertz CT molecular complexity index is 990. The number of hydrogen-bond acceptors (Lipinski definition) is 3. The van der Waals surface area contributed by atoms with Gasteiger partial charge in [-0.2, -0.15) is 0 Å². The molecule has 148 valence electrons. The highest BCUT2D eigenvalue weighted by atomic mass is 16.2. The molecule has 4 rings (SSSR count). The Morgan fingerprint density at radius 2 is 1.41 bits per heavy atom. The van der Waals surface area contributed by atoms with Crippen molar-refractivity contribution in [3.63, 3.8) is 0 Å². The summed E-state index contributed by atoms with van der Waals surface area (Å²) in [6, 6.07) is 23.7. The summed E-state index contributed by atoms with van der Waals surface area (Å²) >= 11 is 0. The first kappa shape index (κ1) is 19.0. The van der Waals surface area contributed by atoms with E-state index in [-0.39, 0.29) is 11.8 Å². The zero-order chi connectivity index (χ0) is 20.1. The van der Waals surface area contributed by atoms with Gasteiger partial charge in [-0.3, -0.25) is 9.59 Å². The SMILES string of the molecule is O=C(CCNc1ccccc1)N1CCN(C(=O)c2cccc3ccccc23)CC1. The smallest absolute Gasteiger partial charge is 0.254 e. The van der Waals surface area contributed by atoms with E-state index in [9.17, 15) is 9.59 Å². The molecule has 0 spiro atoms. The van der Waals surface area contributed by atoms with Crippen molar-refractivity contribution in [2.24, 2.45) is 0 Å². The fourth-order valence-electron chi connectivity index (χ4n) is 3.77. The number of anilines is 1. The molecule has 3 aromatic carbocycles. The second-order valence-electron chi connectivity index (χ2n) is 7.24. The highest BCUT2D eigenvalue weighted by Gasteiger charge is 2.25. The van der Waals surface area contributed by atoms with Crippen molar-refractivity contribution in [3.8, 4) is 0 Å². The van der Waals surface area contributed by atoms with Crippen LogP contribution in [0.25, 0.3) is 10.8 Å². The third-order valence-corrected chi connectivity index (χ3v) is 5.38. The van der Waals surface area contributed by atoms with Gasteiger partial charge in [-0.05, 0) is 29.0 Å². The molecule has 3 aromatic rings. The van der Waals surface area contributed by atoms with Gasteiger partial charge in [-0.1, -0.05) is 54.6 Å². The van der Waals surface area contributed by atoms with Gasteiger partial charge in [-0.25, -0.2) is 0 Å². The van der Waals surface area contributed by atoms with Crippen LogP contribution in [-0.2, 0) is 4.79 Å². The van der Waals surface area contributed by atoms with Crippen LogP contribution in [-0.4, -0.2) is 54.3 Å². The van der Waals surface area contributed by atoms with Gasteiger partial charge in [0.05, 0.1) is 0 Å². The third-order valence-electron chi connectivity index (χ3n) is 5.38. The van der Waals surface area contributed by atoms with E-state index in [0.717, 1.165) is 22.0 Å². The van der Waals surface area contributed by atoms with Gasteiger partial charge in [-0.15, -0.1) is 0 Å². The standard InChI is InChI=1S/C24H25N3O2/c28-23(13-14-25-20-9-2-1-3-10-20)26-15-17-27(18-16-26)24(29)22-12-6-8-19-7-4-5-11-21(19)22/h1-12,25H,13-18H2. The molecule has 0 aliphatic carbocycles. The van der Waals surface area contributed by atoms with E-state index in [4.69, 9.17) is 0 Å². The fraction of sp³-hybridized carbons (Fsp3) is 0.250. The molecule has 1 heterocycles. The Morgan fingerprint density at radius 3 is 2.21 bits per heavy atom. The summed E-state index contributed by atoms with van der Waals surface area (Å²) in [5, 5.41) is 5.31. The summed E-state index contributed by atoms with van der Waals surface area (Å²) in [5.74, 6) is 0.172. The van der Waals surface area contributed by atoms with Crippen LogP contribution >= 0.6 is 0 Å². The van der Waals surface area contributed by atoms with Crippen molar-refractivity contribution in [1.82, 2.24) is 9.80 Å². The number of fused-ring (bicyclic) bond motifs is 1. The Labute approximate surface area is 170 Å². The molecule has 0 radical (unpaired) electrons. The van der Waals surface area contributed by atoms with Crippen LogP contribution in [0.4, 0.5) is 5.69 Å². The Kier molecular flexibility index (Phi) is 5.75. The van der Waals surface area contributed by atoms with E-state index < -0.39 is 0 Å². The number of hydrogen-bond donors (Lipinski definition) is 1. The number of para-hydroxylation sites is 1. The molecule has 2 amide bonds. The number of nitrogens with zero attached hydrogens (tertiary/aromatic N) is 2. The van der Waals surface area contributed by atoms with Crippen molar-refractivity contribution in [1.29, 1.82) is 0 Å². The van der Waals surface area contributed by atoms with Crippen molar-refractivity contribution in [2.45, 2.75) is 6.42 Å². The lowest BCUT2D eigenvalue weighted by Gasteiger charge is -2.35. The summed E-state index contributed by atoms with van der Waals surface area (Å²) in [6.45, 7) is 2.92. The molecule has 1 aliphatic rings. The molecule has 0 aromatic heterocycles. The van der Waals surface area contributed by atoms with E-state index in [1.54, 1.807) is 0 Å². The lowest BCUT2D eigenvalue weighted by atomic mass is 10.0. The van der Waals surface area contributed by atoms with Crippen molar-refractivity contribution >= 4 is 28.3 Å². The molecule has 1 saturated heterocycles. The molecule has 1 fully saturated rings. The van der Waals surface area contributed by atoms with Crippen LogP contribution in [0, 0.1) is 0 Å². The minimum absolute atomic E-state index is 0.0413. The number of piperazine rings is 1. The second-order valence-corrected chi connectivity index (χ2v) is 7.24. The lowest BCUT2D eigenvalue weighted by molar-refractivity contribution is -0.132. The molecule has 5 nitrogen and oxygen atoms in total. The van der Waals surface area contributed by atoms with Crippen LogP contribution < -0.4 is 5.32 Å². The van der Waals surface area contributed by atoms with Crippen LogP contribution in [0.15, 0.2) is 72.8 Å². The molecule has 5 heteroatoms. The van der Waals surface area contributed by atoms with Crippen molar-refractivity contribution in [2.75, 3.05) is 38.0 Å². The molecule has 0 unspecified atom stereocenters. The van der Waals surface area contributed by atoms with E-state index in [1.807, 2.05) is 82.6 Å². The van der Waals surface area contributed by atoms with Crippen molar-refractivity contribution in [3.05, 3.63) is 78.4 Å². The second kappa shape index (κ2) is 8.78. The topological polar surface area (TPSA) is 52.7 Å². The first-order valence-electron chi connectivity index (χ1n) is 10.1. The predicted octanol–water partition coefficient (Wildman–Crippen LogP) is 3.63. The maximum atomic E-state index is 13.0. The van der Waals surface area contributed by atoms with Gasteiger partial charge in [0.1, 0.15) is 0 Å². The number of carbonyl (C=O) groups excluding carboxylic acids is 2. The van der Waals surface area contributed by atoms with Crippen LogP contribution in [0.5, 0.6) is 0 Å². The molecular formula is C24H25N3O2. The van der Waals surface area contributed by atoms with Crippen LogP contribution in [0.2, 0.25) is 0 Å². The highest BCUT2D eigenvalue weighted by molar-refractivity contribution is 6.07. The maximum absolute atomic E-state index is 13.0. The quantitative estimate of drug-likeness (QED) is 0.727. The monoisotopic (exact) mass is 387 g/mol. The minimum Gasteiger partial charge on any atom is -0.385 e. The molecule has 0 saturated carbocycles. The number of amides is 2. The molecule has 0 bridgehead atoms. The Hall–Kier alpha value is -3.34. The molecule has 1 N–H and O–H groups in total.